The van der Waals surface area contributed by atoms with Gasteiger partial charge in [0.25, 0.3) is 0 Å². The highest BCUT2D eigenvalue weighted by Crippen LogP contribution is 2.32. The molecule has 0 N–H and O–H groups in total. The smallest absolute Gasteiger partial charge is 0.412 e. The van der Waals surface area contributed by atoms with Crippen LogP contribution in [0.25, 0.3) is 0 Å². The summed E-state index contributed by atoms with van der Waals surface area (Å²) in [5.41, 5.74) is -0.225. The quantitative estimate of drug-likeness (QED) is 0.605. The van der Waals surface area contributed by atoms with Crippen molar-refractivity contribution in [3.8, 4) is 0 Å². The van der Waals surface area contributed by atoms with E-state index in [2.05, 4.69) is 4.74 Å². The molecule has 1 atom stereocenters. The minimum atomic E-state index is -4.50. The summed E-state index contributed by atoms with van der Waals surface area (Å²) in [7, 11) is 1.22. The van der Waals surface area contributed by atoms with Gasteiger partial charge in [-0.25, -0.2) is 4.79 Å². The van der Waals surface area contributed by atoms with Gasteiger partial charge < -0.3 is 9.47 Å². The van der Waals surface area contributed by atoms with Gasteiger partial charge in [0.1, 0.15) is 6.10 Å². The van der Waals surface area contributed by atoms with Gasteiger partial charge in [-0.1, -0.05) is 19.1 Å². The number of halogens is 3. The van der Waals surface area contributed by atoms with E-state index in [1.165, 1.54) is 38.3 Å². The Morgan fingerprint density at radius 1 is 1.22 bits per heavy atom. The summed E-state index contributed by atoms with van der Waals surface area (Å²) in [6, 6.07) is 5.62. The summed E-state index contributed by atoms with van der Waals surface area (Å²) >= 11 is 0. The summed E-state index contributed by atoms with van der Waals surface area (Å²) in [4.78, 5) is 22.5. The highest BCUT2D eigenvalue weighted by molar-refractivity contribution is 5.89. The topological polar surface area (TPSA) is 52.6 Å². The molecule has 0 aliphatic carbocycles. The zero-order valence-corrected chi connectivity index (χ0v) is 12.9. The number of alkyl halides is 3. The number of hydrogen-bond donors (Lipinski definition) is 0. The van der Waals surface area contributed by atoms with Crippen LogP contribution in [0, 0.1) is 0 Å². The van der Waals surface area contributed by atoms with E-state index < -0.39 is 29.8 Å². The number of esters is 2. The molecule has 0 radical (unpaired) electrons. The first-order valence-corrected chi connectivity index (χ1v) is 6.82. The number of ether oxygens (including phenoxy) is 2. The molecule has 0 aromatic heterocycles. The van der Waals surface area contributed by atoms with Gasteiger partial charge in [-0.3, -0.25) is 4.79 Å². The first-order chi connectivity index (χ1) is 10.7. The Hall–Kier alpha value is -2.31. The fraction of sp³-hybridized carbons (Fsp3) is 0.375. The minimum absolute atomic E-state index is 0.244. The predicted octanol–water partition coefficient (Wildman–Crippen LogP) is 3.98. The van der Waals surface area contributed by atoms with Crippen molar-refractivity contribution in [2.24, 2.45) is 0 Å². The van der Waals surface area contributed by atoms with Crippen LogP contribution in [-0.4, -0.2) is 25.2 Å². The average molecular weight is 330 g/mol. The molecule has 0 bridgehead atoms. The number of carbonyl (C=O) groups excluding carboxylic acids is 2. The van der Waals surface area contributed by atoms with Crippen LogP contribution < -0.4 is 0 Å². The van der Waals surface area contributed by atoms with Crippen LogP contribution in [0.4, 0.5) is 13.2 Å². The number of rotatable bonds is 5. The van der Waals surface area contributed by atoms with E-state index in [1.54, 1.807) is 0 Å². The summed E-state index contributed by atoms with van der Waals surface area (Å²) in [6.07, 6.45) is -5.06. The van der Waals surface area contributed by atoms with E-state index in [1.807, 2.05) is 0 Å². The van der Waals surface area contributed by atoms with Gasteiger partial charge in [0.05, 0.1) is 12.7 Å². The molecule has 0 aliphatic rings. The lowest BCUT2D eigenvalue weighted by Gasteiger charge is -2.17. The first-order valence-electron chi connectivity index (χ1n) is 6.82. The average Bonchev–Trinajstić information content (AvgIpc) is 2.49. The van der Waals surface area contributed by atoms with Crippen molar-refractivity contribution in [3.63, 3.8) is 0 Å². The minimum Gasteiger partial charge on any atom is -0.465 e. The van der Waals surface area contributed by atoms with Crippen LogP contribution in [0.3, 0.4) is 0 Å². The van der Waals surface area contributed by atoms with Crippen LogP contribution in [0.15, 0.2) is 35.9 Å². The van der Waals surface area contributed by atoms with Crippen molar-refractivity contribution < 1.29 is 32.2 Å². The third kappa shape index (κ3) is 5.43. The fourth-order valence-electron chi connectivity index (χ4n) is 1.90. The summed E-state index contributed by atoms with van der Waals surface area (Å²) < 4.78 is 48.1. The van der Waals surface area contributed by atoms with Crippen molar-refractivity contribution in [2.75, 3.05) is 7.11 Å². The molecule has 1 aromatic rings. The molecule has 0 fully saturated rings. The Bertz CT molecular complexity index is 588. The third-order valence-corrected chi connectivity index (χ3v) is 3.05. The molecule has 1 rings (SSSR count). The molecule has 0 heterocycles. The van der Waals surface area contributed by atoms with E-state index in [9.17, 15) is 22.8 Å². The van der Waals surface area contributed by atoms with E-state index in [0.29, 0.717) is 5.56 Å². The molecule has 23 heavy (non-hydrogen) atoms. The van der Waals surface area contributed by atoms with Gasteiger partial charge in [-0.05, 0) is 30.2 Å². The van der Waals surface area contributed by atoms with Crippen molar-refractivity contribution in [2.45, 2.75) is 32.5 Å². The maximum absolute atomic E-state index is 12.9. The lowest BCUT2D eigenvalue weighted by molar-refractivity contribution is -0.144. The summed E-state index contributed by atoms with van der Waals surface area (Å²) in [5.74, 6) is -1.28. The zero-order chi connectivity index (χ0) is 17.6. The first kappa shape index (κ1) is 18.7. The molecule has 0 aliphatic heterocycles. The normalized spacial score (nSPS) is 13.4. The van der Waals surface area contributed by atoms with Crippen LogP contribution in [0.5, 0.6) is 0 Å². The molecular weight excluding hydrogens is 313 g/mol. The second-order valence-corrected chi connectivity index (χ2v) is 4.69. The van der Waals surface area contributed by atoms with E-state index in [-0.39, 0.29) is 12.0 Å². The highest BCUT2D eigenvalue weighted by atomic mass is 19.4. The molecular formula is C16H17F3O4. The number of benzene rings is 1. The Kier molecular flexibility index (Phi) is 6.36. The summed E-state index contributed by atoms with van der Waals surface area (Å²) in [5, 5.41) is 0. The SMILES string of the molecule is CC/C(=C\C(OC(C)=O)c1ccc(C(=O)OC)cc1)C(F)(F)F. The predicted molar refractivity (Wildman–Crippen MR) is 76.7 cm³/mol. The number of allylic oxidation sites excluding steroid dienone is 1. The van der Waals surface area contributed by atoms with Crippen LogP contribution in [-0.2, 0) is 14.3 Å². The van der Waals surface area contributed by atoms with Crippen LogP contribution in [0.2, 0.25) is 0 Å². The Balaban J connectivity index is 3.19. The van der Waals surface area contributed by atoms with Crippen molar-refractivity contribution in [3.05, 3.63) is 47.0 Å². The van der Waals surface area contributed by atoms with E-state index in [0.717, 1.165) is 13.0 Å². The van der Waals surface area contributed by atoms with Gasteiger partial charge in [0.2, 0.25) is 0 Å². The fourth-order valence-corrected chi connectivity index (χ4v) is 1.90. The van der Waals surface area contributed by atoms with Gasteiger partial charge in [0, 0.05) is 12.5 Å². The van der Waals surface area contributed by atoms with E-state index in [4.69, 9.17) is 4.74 Å². The van der Waals surface area contributed by atoms with E-state index >= 15 is 0 Å². The summed E-state index contributed by atoms with van der Waals surface area (Å²) in [6.45, 7) is 2.48. The molecule has 0 saturated carbocycles. The molecule has 0 spiro atoms. The monoisotopic (exact) mass is 330 g/mol. The van der Waals surface area contributed by atoms with Crippen LogP contribution in [0.1, 0.15) is 42.3 Å². The molecule has 1 unspecified atom stereocenters. The van der Waals surface area contributed by atoms with Crippen molar-refractivity contribution in [1.29, 1.82) is 0 Å². The second-order valence-electron chi connectivity index (χ2n) is 4.69. The van der Waals surface area contributed by atoms with Crippen molar-refractivity contribution in [1.82, 2.24) is 0 Å². The molecule has 0 saturated heterocycles. The maximum Gasteiger partial charge on any atom is 0.412 e. The molecule has 7 heteroatoms. The zero-order valence-electron chi connectivity index (χ0n) is 12.9. The van der Waals surface area contributed by atoms with Gasteiger partial charge in [-0.15, -0.1) is 0 Å². The second kappa shape index (κ2) is 7.80. The number of methoxy groups -OCH3 is 1. The molecule has 1 aromatic carbocycles. The lowest BCUT2D eigenvalue weighted by atomic mass is 10.0. The number of hydrogen-bond acceptors (Lipinski definition) is 4. The van der Waals surface area contributed by atoms with Gasteiger partial charge >= 0.3 is 18.1 Å². The van der Waals surface area contributed by atoms with Crippen molar-refractivity contribution >= 4 is 11.9 Å². The molecule has 126 valence electrons. The largest absolute Gasteiger partial charge is 0.465 e. The Labute approximate surface area is 131 Å². The lowest BCUT2D eigenvalue weighted by Crippen LogP contribution is -2.15. The molecule has 4 nitrogen and oxygen atoms in total. The Morgan fingerprint density at radius 3 is 2.17 bits per heavy atom. The Morgan fingerprint density at radius 2 is 1.78 bits per heavy atom. The standard InChI is InChI=1S/C16H17F3O4/c1-4-13(16(17,18)19)9-14(23-10(2)20)11-5-7-12(8-6-11)15(21)22-3/h5-9,14H,4H2,1-3H3/b13-9+. The highest BCUT2D eigenvalue weighted by Gasteiger charge is 2.33. The molecule has 0 amide bonds. The third-order valence-electron chi connectivity index (χ3n) is 3.05. The maximum atomic E-state index is 12.9. The van der Waals surface area contributed by atoms with Gasteiger partial charge in [-0.2, -0.15) is 13.2 Å². The van der Waals surface area contributed by atoms with Crippen LogP contribution >= 0.6 is 0 Å². The van der Waals surface area contributed by atoms with Gasteiger partial charge in [0.15, 0.2) is 0 Å². The number of carbonyl (C=O) groups is 2.